The molecule has 0 aromatic heterocycles. The van der Waals surface area contributed by atoms with E-state index in [9.17, 15) is 4.79 Å². The highest BCUT2D eigenvalue weighted by molar-refractivity contribution is 5.68. The summed E-state index contributed by atoms with van der Waals surface area (Å²) in [6.07, 6.45) is 3.94. The summed E-state index contributed by atoms with van der Waals surface area (Å²) in [6.45, 7) is 7.05. The first-order valence-electron chi connectivity index (χ1n) is 6.06. The SMILES string of the molecule is CC(C)(C)OC(=O)N1CCC(C/C=N/O)CC1. The van der Waals surface area contributed by atoms with Gasteiger partial charge in [-0.3, -0.25) is 0 Å². The molecular weight excluding hydrogens is 220 g/mol. The fourth-order valence-electron chi connectivity index (χ4n) is 1.87. The van der Waals surface area contributed by atoms with Crippen LogP contribution in [0.5, 0.6) is 0 Å². The maximum Gasteiger partial charge on any atom is 0.410 e. The Labute approximate surface area is 102 Å². The molecule has 17 heavy (non-hydrogen) atoms. The zero-order chi connectivity index (χ0) is 12.9. The first kappa shape index (κ1) is 13.8. The van der Waals surface area contributed by atoms with Gasteiger partial charge < -0.3 is 14.8 Å². The van der Waals surface area contributed by atoms with Gasteiger partial charge in [0.05, 0.1) is 0 Å². The molecule has 0 atom stereocenters. The number of ether oxygens (including phenoxy) is 1. The molecule has 0 radical (unpaired) electrons. The van der Waals surface area contributed by atoms with Crippen molar-refractivity contribution >= 4 is 12.3 Å². The first-order valence-corrected chi connectivity index (χ1v) is 6.06. The van der Waals surface area contributed by atoms with Gasteiger partial charge in [0, 0.05) is 19.3 Å². The number of hydrogen-bond acceptors (Lipinski definition) is 4. The lowest BCUT2D eigenvalue weighted by Crippen LogP contribution is -2.41. The number of likely N-dealkylation sites (tertiary alicyclic amines) is 1. The maximum absolute atomic E-state index is 11.8. The molecule has 1 heterocycles. The van der Waals surface area contributed by atoms with Crippen LogP contribution in [0.15, 0.2) is 5.16 Å². The Morgan fingerprint density at radius 2 is 2.06 bits per heavy atom. The van der Waals surface area contributed by atoms with Crippen molar-refractivity contribution in [3.8, 4) is 0 Å². The Balaban J connectivity index is 2.34. The van der Waals surface area contributed by atoms with Crippen molar-refractivity contribution in [2.75, 3.05) is 13.1 Å². The molecule has 1 rings (SSSR count). The molecule has 1 N–H and O–H groups in total. The molecule has 1 aliphatic rings. The van der Waals surface area contributed by atoms with Crippen LogP contribution in [-0.2, 0) is 4.74 Å². The van der Waals surface area contributed by atoms with Crippen LogP contribution < -0.4 is 0 Å². The molecule has 0 bridgehead atoms. The second-order valence-corrected chi connectivity index (χ2v) is 5.44. The second kappa shape index (κ2) is 5.89. The number of piperidine rings is 1. The molecule has 1 fully saturated rings. The molecule has 5 heteroatoms. The zero-order valence-electron chi connectivity index (χ0n) is 10.8. The number of carbonyl (C=O) groups is 1. The fourth-order valence-corrected chi connectivity index (χ4v) is 1.87. The first-order chi connectivity index (χ1) is 7.92. The molecular formula is C12H22N2O3. The summed E-state index contributed by atoms with van der Waals surface area (Å²) < 4.78 is 5.31. The summed E-state index contributed by atoms with van der Waals surface area (Å²) >= 11 is 0. The predicted octanol–water partition coefficient (Wildman–Crippen LogP) is 2.48. The summed E-state index contributed by atoms with van der Waals surface area (Å²) in [5.41, 5.74) is -0.433. The van der Waals surface area contributed by atoms with Gasteiger partial charge in [0.25, 0.3) is 0 Å². The molecule has 1 aliphatic heterocycles. The van der Waals surface area contributed by atoms with Gasteiger partial charge in [0.2, 0.25) is 0 Å². The average Bonchev–Trinajstić information content (AvgIpc) is 2.24. The third kappa shape index (κ3) is 5.06. The van der Waals surface area contributed by atoms with Gasteiger partial charge in [0.15, 0.2) is 0 Å². The number of oxime groups is 1. The third-order valence-electron chi connectivity index (χ3n) is 2.79. The smallest absolute Gasteiger partial charge is 0.410 e. The second-order valence-electron chi connectivity index (χ2n) is 5.44. The lowest BCUT2D eigenvalue weighted by Gasteiger charge is -2.33. The van der Waals surface area contributed by atoms with E-state index in [4.69, 9.17) is 9.94 Å². The van der Waals surface area contributed by atoms with E-state index in [-0.39, 0.29) is 6.09 Å². The number of amides is 1. The Kier molecular flexibility index (Phi) is 4.78. The van der Waals surface area contributed by atoms with E-state index in [1.165, 1.54) is 6.21 Å². The number of hydrogen-bond donors (Lipinski definition) is 1. The molecule has 0 spiro atoms. The van der Waals surface area contributed by atoms with Gasteiger partial charge in [0.1, 0.15) is 5.60 Å². The minimum absolute atomic E-state index is 0.230. The van der Waals surface area contributed by atoms with Crippen molar-refractivity contribution in [2.24, 2.45) is 11.1 Å². The van der Waals surface area contributed by atoms with Gasteiger partial charge in [-0.15, -0.1) is 5.16 Å². The van der Waals surface area contributed by atoms with Crippen LogP contribution in [0, 0.1) is 5.92 Å². The standard InChI is InChI=1S/C12H22N2O3/c1-12(2,3)17-11(15)14-8-5-10(6-9-14)4-7-13-16/h7,10,16H,4-6,8-9H2,1-3H3/b13-7+. The van der Waals surface area contributed by atoms with Crippen molar-refractivity contribution in [3.63, 3.8) is 0 Å². The minimum atomic E-state index is -0.433. The van der Waals surface area contributed by atoms with Crippen LogP contribution in [0.25, 0.3) is 0 Å². The van der Waals surface area contributed by atoms with Crippen LogP contribution in [0.4, 0.5) is 4.79 Å². The predicted molar refractivity (Wildman–Crippen MR) is 65.4 cm³/mol. The highest BCUT2D eigenvalue weighted by atomic mass is 16.6. The lowest BCUT2D eigenvalue weighted by molar-refractivity contribution is 0.0186. The summed E-state index contributed by atoms with van der Waals surface area (Å²) in [4.78, 5) is 13.5. The van der Waals surface area contributed by atoms with E-state index < -0.39 is 5.60 Å². The zero-order valence-corrected chi connectivity index (χ0v) is 10.8. The topological polar surface area (TPSA) is 62.1 Å². The Morgan fingerprint density at radius 1 is 1.47 bits per heavy atom. The van der Waals surface area contributed by atoms with Crippen LogP contribution in [0.2, 0.25) is 0 Å². The van der Waals surface area contributed by atoms with Crippen molar-refractivity contribution in [2.45, 2.75) is 45.6 Å². The van der Waals surface area contributed by atoms with E-state index in [0.29, 0.717) is 5.92 Å². The highest BCUT2D eigenvalue weighted by Gasteiger charge is 2.26. The monoisotopic (exact) mass is 242 g/mol. The average molecular weight is 242 g/mol. The fraction of sp³-hybridized carbons (Fsp3) is 0.833. The van der Waals surface area contributed by atoms with E-state index >= 15 is 0 Å². The molecule has 0 unspecified atom stereocenters. The van der Waals surface area contributed by atoms with E-state index in [0.717, 1.165) is 32.4 Å². The molecule has 1 saturated heterocycles. The molecule has 5 nitrogen and oxygen atoms in total. The number of nitrogens with zero attached hydrogens (tertiary/aromatic N) is 2. The van der Waals surface area contributed by atoms with E-state index in [2.05, 4.69) is 5.16 Å². The van der Waals surface area contributed by atoms with E-state index in [1.54, 1.807) is 4.90 Å². The molecule has 1 amide bonds. The van der Waals surface area contributed by atoms with Gasteiger partial charge >= 0.3 is 6.09 Å². The van der Waals surface area contributed by atoms with Crippen LogP contribution in [0.3, 0.4) is 0 Å². The Morgan fingerprint density at radius 3 is 2.53 bits per heavy atom. The van der Waals surface area contributed by atoms with Crippen molar-refractivity contribution in [1.82, 2.24) is 4.90 Å². The number of carbonyl (C=O) groups excluding carboxylic acids is 1. The summed E-state index contributed by atoms with van der Waals surface area (Å²) in [5.74, 6) is 0.504. The Bertz CT molecular complexity index is 276. The van der Waals surface area contributed by atoms with Gasteiger partial charge in [-0.1, -0.05) is 0 Å². The highest BCUT2D eigenvalue weighted by Crippen LogP contribution is 2.21. The molecule has 0 saturated carbocycles. The maximum atomic E-state index is 11.8. The quantitative estimate of drug-likeness (QED) is 0.459. The molecule has 98 valence electrons. The molecule has 0 aromatic rings. The third-order valence-corrected chi connectivity index (χ3v) is 2.79. The minimum Gasteiger partial charge on any atom is -0.444 e. The van der Waals surface area contributed by atoms with Gasteiger partial charge in [-0.25, -0.2) is 4.79 Å². The van der Waals surface area contributed by atoms with Crippen molar-refractivity contribution < 1.29 is 14.7 Å². The molecule has 0 aliphatic carbocycles. The van der Waals surface area contributed by atoms with Crippen molar-refractivity contribution in [3.05, 3.63) is 0 Å². The normalized spacial score (nSPS) is 18.6. The van der Waals surface area contributed by atoms with Crippen LogP contribution in [-0.4, -0.2) is 41.1 Å². The summed E-state index contributed by atoms with van der Waals surface area (Å²) in [6, 6.07) is 0. The van der Waals surface area contributed by atoms with Gasteiger partial charge in [-0.05, 0) is 46.0 Å². The molecule has 0 aromatic carbocycles. The number of rotatable bonds is 2. The van der Waals surface area contributed by atoms with Gasteiger partial charge in [-0.2, -0.15) is 0 Å². The van der Waals surface area contributed by atoms with Crippen molar-refractivity contribution in [1.29, 1.82) is 0 Å². The van der Waals surface area contributed by atoms with E-state index in [1.807, 2.05) is 20.8 Å². The largest absolute Gasteiger partial charge is 0.444 e. The van der Waals surface area contributed by atoms with Crippen LogP contribution >= 0.6 is 0 Å². The Hall–Kier alpha value is -1.26. The summed E-state index contributed by atoms with van der Waals surface area (Å²) in [7, 11) is 0. The van der Waals surface area contributed by atoms with Crippen LogP contribution in [0.1, 0.15) is 40.0 Å². The lowest BCUT2D eigenvalue weighted by atomic mass is 9.94. The summed E-state index contributed by atoms with van der Waals surface area (Å²) in [5, 5.41) is 11.4.